The van der Waals surface area contributed by atoms with E-state index in [0.29, 0.717) is 3.43 Å². The van der Waals surface area contributed by atoms with E-state index in [9.17, 15) is 0 Å². The van der Waals surface area contributed by atoms with E-state index in [-0.39, 0.29) is 21.3 Å². The summed E-state index contributed by atoms with van der Waals surface area (Å²) in [6.45, 7) is 0.964. The van der Waals surface area contributed by atoms with Crippen LogP contribution in [-0.4, -0.2) is 31.4 Å². The SMILES string of the molecule is ClC1CCCO[Te]1. The Morgan fingerprint density at radius 2 is 2.57 bits per heavy atom. The maximum atomic E-state index is 5.75. The first-order valence-corrected chi connectivity index (χ1v) is 5.05. The molecule has 0 aromatic rings. The summed E-state index contributed by atoms with van der Waals surface area (Å²) >= 11 is 5.52. The zero-order chi connectivity index (χ0) is 5.11. The van der Waals surface area contributed by atoms with Crippen molar-refractivity contribution in [2.75, 3.05) is 6.61 Å². The van der Waals surface area contributed by atoms with Crippen molar-refractivity contribution in [1.29, 1.82) is 0 Å². The molecule has 0 N–H and O–H groups in total. The number of alkyl halides is 1. The Morgan fingerprint density at radius 1 is 1.71 bits per heavy atom. The fraction of sp³-hybridized carbons (Fsp3) is 1.00. The van der Waals surface area contributed by atoms with Crippen molar-refractivity contribution < 1.29 is 3.10 Å². The van der Waals surface area contributed by atoms with Crippen LogP contribution in [0.2, 0.25) is 0 Å². The van der Waals surface area contributed by atoms with Gasteiger partial charge in [0.1, 0.15) is 0 Å². The Hall–Kier alpha value is 1.04. The van der Waals surface area contributed by atoms with Crippen LogP contribution in [0.3, 0.4) is 0 Å². The summed E-state index contributed by atoms with van der Waals surface area (Å²) in [5.74, 6) is 0. The zero-order valence-corrected chi connectivity index (χ0v) is 6.98. The van der Waals surface area contributed by atoms with Gasteiger partial charge in [-0.25, -0.2) is 0 Å². The first-order valence-electron chi connectivity index (χ1n) is 2.32. The van der Waals surface area contributed by atoms with Crippen LogP contribution in [0, 0.1) is 0 Å². The average molecular weight is 234 g/mol. The van der Waals surface area contributed by atoms with Gasteiger partial charge in [0.05, 0.1) is 0 Å². The molecule has 0 aliphatic carbocycles. The van der Waals surface area contributed by atoms with Gasteiger partial charge in [0.15, 0.2) is 0 Å². The third-order valence-corrected chi connectivity index (χ3v) is 3.67. The van der Waals surface area contributed by atoms with Crippen molar-refractivity contribution in [2.24, 2.45) is 0 Å². The number of hydrogen-bond donors (Lipinski definition) is 0. The summed E-state index contributed by atoms with van der Waals surface area (Å²) in [7, 11) is 0. The van der Waals surface area contributed by atoms with E-state index in [1.54, 1.807) is 0 Å². The Kier molecular flexibility index (Phi) is 2.77. The Balaban J connectivity index is 2.12. The summed E-state index contributed by atoms with van der Waals surface area (Å²) in [6.07, 6.45) is 2.35. The Morgan fingerprint density at radius 3 is 2.86 bits per heavy atom. The second-order valence-corrected chi connectivity index (χ2v) is 5.66. The molecule has 1 atom stereocenters. The molecule has 1 saturated heterocycles. The number of rotatable bonds is 0. The van der Waals surface area contributed by atoms with Gasteiger partial charge in [0, 0.05) is 0 Å². The summed E-state index contributed by atoms with van der Waals surface area (Å²) < 4.78 is 5.60. The zero-order valence-electron chi connectivity index (χ0n) is 3.89. The molecule has 0 aromatic carbocycles. The van der Waals surface area contributed by atoms with Crippen LogP contribution in [0.15, 0.2) is 0 Å². The molecule has 42 valence electrons. The van der Waals surface area contributed by atoms with Crippen LogP contribution < -0.4 is 0 Å². The third kappa shape index (κ3) is 2.19. The third-order valence-electron chi connectivity index (χ3n) is 0.831. The van der Waals surface area contributed by atoms with Crippen molar-refractivity contribution in [2.45, 2.75) is 16.3 Å². The molecule has 0 aromatic heterocycles. The normalized spacial score (nSPS) is 33.0. The molecule has 0 radical (unpaired) electrons. The molecule has 0 amide bonds. The molecule has 3 heteroatoms. The molecule has 0 bridgehead atoms. The molecule has 1 unspecified atom stereocenters. The summed E-state index contributed by atoms with van der Waals surface area (Å²) in [5, 5.41) is 0. The Bertz CT molecular complexity index is 53.7. The maximum absolute atomic E-state index is 5.75. The van der Waals surface area contributed by atoms with Gasteiger partial charge in [-0.1, -0.05) is 0 Å². The quantitative estimate of drug-likeness (QED) is 0.448. The minimum absolute atomic E-state index is 0.234. The van der Waals surface area contributed by atoms with E-state index < -0.39 is 0 Å². The van der Waals surface area contributed by atoms with Crippen molar-refractivity contribution in [3.05, 3.63) is 0 Å². The fourth-order valence-electron chi connectivity index (χ4n) is 0.473. The van der Waals surface area contributed by atoms with Crippen LogP contribution in [0.1, 0.15) is 12.8 Å². The standard InChI is InChI=1S/C4H7ClOTe/c5-4-2-1-3-6-7-4/h4H,1-3H2. The molecule has 0 spiro atoms. The van der Waals surface area contributed by atoms with Crippen molar-refractivity contribution >= 4 is 32.9 Å². The summed E-state index contributed by atoms with van der Waals surface area (Å²) in [6, 6.07) is 0. The van der Waals surface area contributed by atoms with Gasteiger partial charge in [0.2, 0.25) is 0 Å². The fourth-order valence-corrected chi connectivity index (χ4v) is 2.75. The van der Waals surface area contributed by atoms with Crippen LogP contribution in [0.5, 0.6) is 0 Å². The van der Waals surface area contributed by atoms with Gasteiger partial charge in [-0.3, -0.25) is 0 Å². The monoisotopic (exact) mass is 236 g/mol. The molecule has 1 rings (SSSR count). The predicted molar refractivity (Wildman–Crippen MR) is 30.6 cm³/mol. The molecular formula is C4H7ClOTe. The predicted octanol–water partition coefficient (Wildman–Crippen LogP) is 0.981. The first-order chi connectivity index (χ1) is 3.39. The van der Waals surface area contributed by atoms with Gasteiger partial charge in [0.25, 0.3) is 0 Å². The molecule has 0 saturated carbocycles. The molecule has 7 heavy (non-hydrogen) atoms. The van der Waals surface area contributed by atoms with Crippen LogP contribution in [0.25, 0.3) is 0 Å². The van der Waals surface area contributed by atoms with Gasteiger partial charge in [-0.15, -0.1) is 0 Å². The average Bonchev–Trinajstić information content (AvgIpc) is 1.69. The molecule has 1 heterocycles. The molecule has 1 aliphatic heterocycles. The van der Waals surface area contributed by atoms with Crippen molar-refractivity contribution in [3.8, 4) is 0 Å². The van der Waals surface area contributed by atoms with Crippen LogP contribution in [0.4, 0.5) is 0 Å². The van der Waals surface area contributed by atoms with Gasteiger partial charge in [-0.05, 0) is 0 Å². The topological polar surface area (TPSA) is 9.23 Å². The second-order valence-electron chi connectivity index (χ2n) is 1.47. The van der Waals surface area contributed by atoms with Crippen molar-refractivity contribution in [1.82, 2.24) is 0 Å². The van der Waals surface area contributed by atoms with Gasteiger partial charge >= 0.3 is 58.9 Å². The molecule has 1 fully saturated rings. The van der Waals surface area contributed by atoms with E-state index in [2.05, 4.69) is 0 Å². The molecular weight excluding hydrogens is 227 g/mol. The summed E-state index contributed by atoms with van der Waals surface area (Å²) in [5.41, 5.74) is 0. The number of halogens is 1. The number of hydrogen-bond acceptors (Lipinski definition) is 1. The molecule has 1 nitrogen and oxygen atoms in total. The summed E-state index contributed by atoms with van der Waals surface area (Å²) in [4.78, 5) is 0. The van der Waals surface area contributed by atoms with E-state index in [4.69, 9.17) is 14.7 Å². The van der Waals surface area contributed by atoms with Gasteiger partial charge < -0.3 is 0 Å². The van der Waals surface area contributed by atoms with E-state index in [0.717, 1.165) is 6.61 Å². The minimum atomic E-state index is -0.234. The van der Waals surface area contributed by atoms with Crippen LogP contribution >= 0.6 is 11.6 Å². The van der Waals surface area contributed by atoms with E-state index in [1.165, 1.54) is 12.8 Å². The van der Waals surface area contributed by atoms with Crippen molar-refractivity contribution in [3.63, 3.8) is 0 Å². The molecule has 1 aliphatic rings. The second kappa shape index (κ2) is 3.14. The first kappa shape index (κ1) is 6.16. The van der Waals surface area contributed by atoms with Gasteiger partial charge in [-0.2, -0.15) is 0 Å². The Labute approximate surface area is 59.0 Å². The van der Waals surface area contributed by atoms with E-state index in [1.807, 2.05) is 0 Å². The van der Waals surface area contributed by atoms with E-state index >= 15 is 0 Å². The van der Waals surface area contributed by atoms with Crippen LogP contribution in [-0.2, 0) is 3.10 Å².